The van der Waals surface area contributed by atoms with Crippen LogP contribution in [0.3, 0.4) is 0 Å². The third kappa shape index (κ3) is 1.13. The van der Waals surface area contributed by atoms with Crippen LogP contribution in [0.1, 0.15) is 0 Å². The van der Waals surface area contributed by atoms with Gasteiger partial charge in [-0.05, 0) is 0 Å². The van der Waals surface area contributed by atoms with Crippen molar-refractivity contribution in [1.29, 1.82) is 0 Å². The molecule has 9 heavy (non-hydrogen) atoms. The van der Waals surface area contributed by atoms with Crippen LogP contribution in [-0.4, -0.2) is 37.1 Å². The molecule has 0 radical (unpaired) electrons. The molecule has 1 aliphatic rings. The first-order chi connectivity index (χ1) is 4.24. The summed E-state index contributed by atoms with van der Waals surface area (Å²) in [6.45, 7) is 1.39. The summed E-state index contributed by atoms with van der Waals surface area (Å²) in [5.74, 6) is 0. The molecule has 4 heteroatoms. The van der Waals surface area contributed by atoms with Crippen LogP contribution in [0.15, 0.2) is 0 Å². The van der Waals surface area contributed by atoms with Gasteiger partial charge in [0.1, 0.15) is 0 Å². The molecule has 1 rings (SSSR count). The van der Waals surface area contributed by atoms with E-state index in [0.29, 0.717) is 13.1 Å². The summed E-state index contributed by atoms with van der Waals surface area (Å²) in [7, 11) is 1.62. The zero-order chi connectivity index (χ0) is 6.85. The molecular formula is C5H11N3O. The van der Waals surface area contributed by atoms with Gasteiger partial charge in [-0.1, -0.05) is 0 Å². The molecule has 0 unspecified atom stereocenters. The van der Waals surface area contributed by atoms with E-state index in [1.807, 2.05) is 0 Å². The van der Waals surface area contributed by atoms with E-state index in [0.717, 1.165) is 0 Å². The van der Waals surface area contributed by atoms with Crippen LogP contribution in [-0.2, 0) is 0 Å². The van der Waals surface area contributed by atoms with Crippen molar-refractivity contribution in [2.45, 2.75) is 6.04 Å². The standard InChI is InChI=1S/C5H11N3O/c1-7-5(9)8-2-4(6)3-8/h4H,2-3,6H2,1H3,(H,7,9). The Kier molecular flexibility index (Phi) is 1.57. The highest BCUT2D eigenvalue weighted by atomic mass is 16.2. The number of urea groups is 1. The minimum atomic E-state index is -0.0308. The normalized spacial score (nSPS) is 19.1. The van der Waals surface area contributed by atoms with Gasteiger partial charge in [-0.2, -0.15) is 0 Å². The fourth-order valence-corrected chi connectivity index (χ4v) is 0.837. The minimum Gasteiger partial charge on any atom is -0.341 e. The summed E-state index contributed by atoms with van der Waals surface area (Å²) < 4.78 is 0. The fraction of sp³-hybridized carbons (Fsp3) is 0.800. The number of nitrogens with two attached hydrogens (primary N) is 1. The lowest BCUT2D eigenvalue weighted by atomic mass is 10.1. The second kappa shape index (κ2) is 2.23. The van der Waals surface area contributed by atoms with E-state index >= 15 is 0 Å². The maximum Gasteiger partial charge on any atom is 0.317 e. The lowest BCUT2D eigenvalue weighted by Crippen LogP contribution is -2.59. The maximum atomic E-state index is 10.7. The van der Waals surface area contributed by atoms with Gasteiger partial charge < -0.3 is 16.0 Å². The summed E-state index contributed by atoms with van der Waals surface area (Å²) >= 11 is 0. The number of nitrogens with one attached hydrogen (secondary N) is 1. The number of carbonyl (C=O) groups excluding carboxylic acids is 1. The molecule has 0 aromatic heterocycles. The van der Waals surface area contributed by atoms with Gasteiger partial charge in [0.25, 0.3) is 0 Å². The van der Waals surface area contributed by atoms with Crippen molar-refractivity contribution in [3.63, 3.8) is 0 Å². The number of amides is 2. The predicted molar refractivity (Wildman–Crippen MR) is 34.0 cm³/mol. The molecule has 3 N–H and O–H groups in total. The highest BCUT2D eigenvalue weighted by Gasteiger charge is 2.26. The second-order valence-electron chi connectivity index (χ2n) is 2.22. The summed E-state index contributed by atoms with van der Waals surface area (Å²) in [6.07, 6.45) is 0. The lowest BCUT2D eigenvalue weighted by molar-refractivity contribution is 0.154. The van der Waals surface area contributed by atoms with E-state index in [4.69, 9.17) is 5.73 Å². The van der Waals surface area contributed by atoms with Crippen molar-refractivity contribution in [1.82, 2.24) is 10.2 Å². The van der Waals surface area contributed by atoms with Crippen molar-refractivity contribution in [3.05, 3.63) is 0 Å². The Balaban J connectivity index is 2.23. The van der Waals surface area contributed by atoms with Gasteiger partial charge in [-0.3, -0.25) is 0 Å². The third-order valence-corrected chi connectivity index (χ3v) is 1.41. The zero-order valence-corrected chi connectivity index (χ0v) is 5.42. The van der Waals surface area contributed by atoms with Crippen LogP contribution < -0.4 is 11.1 Å². The zero-order valence-electron chi connectivity index (χ0n) is 5.42. The smallest absolute Gasteiger partial charge is 0.317 e. The molecule has 0 aromatic rings. The summed E-state index contributed by atoms with van der Waals surface area (Å²) in [4.78, 5) is 12.4. The van der Waals surface area contributed by atoms with Gasteiger partial charge in [0.2, 0.25) is 0 Å². The third-order valence-electron chi connectivity index (χ3n) is 1.41. The van der Waals surface area contributed by atoms with Crippen LogP contribution >= 0.6 is 0 Å². The van der Waals surface area contributed by atoms with Gasteiger partial charge >= 0.3 is 6.03 Å². The number of hydrogen-bond donors (Lipinski definition) is 2. The molecular weight excluding hydrogens is 118 g/mol. The Hall–Kier alpha value is -0.770. The fourth-order valence-electron chi connectivity index (χ4n) is 0.837. The van der Waals surface area contributed by atoms with Gasteiger partial charge in [-0.25, -0.2) is 4.79 Å². The van der Waals surface area contributed by atoms with E-state index in [1.165, 1.54) is 0 Å². The molecule has 0 bridgehead atoms. The Bertz CT molecular complexity index is 119. The number of carbonyl (C=O) groups is 1. The number of likely N-dealkylation sites (tertiary alicyclic amines) is 1. The lowest BCUT2D eigenvalue weighted by Gasteiger charge is -2.36. The van der Waals surface area contributed by atoms with Crippen LogP contribution in [0.25, 0.3) is 0 Å². The van der Waals surface area contributed by atoms with E-state index in [9.17, 15) is 4.79 Å². The molecule has 52 valence electrons. The molecule has 1 aliphatic heterocycles. The largest absolute Gasteiger partial charge is 0.341 e. The van der Waals surface area contributed by atoms with Crippen molar-refractivity contribution in [3.8, 4) is 0 Å². The van der Waals surface area contributed by atoms with Crippen molar-refractivity contribution in [2.24, 2.45) is 5.73 Å². The molecule has 2 amide bonds. The molecule has 4 nitrogen and oxygen atoms in total. The monoisotopic (exact) mass is 129 g/mol. The maximum absolute atomic E-state index is 10.7. The summed E-state index contributed by atoms with van der Waals surface area (Å²) in [5.41, 5.74) is 5.44. The average molecular weight is 129 g/mol. The molecule has 0 spiro atoms. The molecule has 1 fully saturated rings. The molecule has 1 heterocycles. The highest BCUT2D eigenvalue weighted by molar-refractivity contribution is 5.74. The van der Waals surface area contributed by atoms with Crippen LogP contribution in [0.5, 0.6) is 0 Å². The van der Waals surface area contributed by atoms with Crippen LogP contribution in [0.2, 0.25) is 0 Å². The van der Waals surface area contributed by atoms with E-state index < -0.39 is 0 Å². The summed E-state index contributed by atoms with van der Waals surface area (Å²) in [5, 5.41) is 2.52. The molecule has 1 saturated heterocycles. The van der Waals surface area contributed by atoms with Gasteiger partial charge in [0.15, 0.2) is 0 Å². The average Bonchev–Trinajstić information content (AvgIpc) is 1.79. The Morgan fingerprint density at radius 3 is 2.67 bits per heavy atom. The SMILES string of the molecule is CNC(=O)N1CC(N)C1. The minimum absolute atomic E-state index is 0.0308. The quantitative estimate of drug-likeness (QED) is 0.439. The first-order valence-corrected chi connectivity index (χ1v) is 2.96. The van der Waals surface area contributed by atoms with Crippen molar-refractivity contribution in [2.75, 3.05) is 20.1 Å². The number of hydrogen-bond acceptors (Lipinski definition) is 2. The van der Waals surface area contributed by atoms with Crippen molar-refractivity contribution < 1.29 is 4.79 Å². The first-order valence-electron chi connectivity index (χ1n) is 2.96. The first kappa shape index (κ1) is 6.35. The molecule has 0 aromatic carbocycles. The Labute approximate surface area is 54.0 Å². The van der Waals surface area contributed by atoms with E-state index in [1.54, 1.807) is 11.9 Å². The second-order valence-corrected chi connectivity index (χ2v) is 2.22. The topological polar surface area (TPSA) is 58.4 Å². The van der Waals surface area contributed by atoms with Crippen LogP contribution in [0.4, 0.5) is 4.79 Å². The van der Waals surface area contributed by atoms with E-state index in [2.05, 4.69) is 5.32 Å². The van der Waals surface area contributed by atoms with Crippen LogP contribution in [0, 0.1) is 0 Å². The molecule has 0 atom stereocenters. The van der Waals surface area contributed by atoms with Crippen molar-refractivity contribution >= 4 is 6.03 Å². The highest BCUT2D eigenvalue weighted by Crippen LogP contribution is 2.03. The van der Waals surface area contributed by atoms with Gasteiger partial charge in [0.05, 0.1) is 0 Å². The van der Waals surface area contributed by atoms with E-state index in [-0.39, 0.29) is 12.1 Å². The summed E-state index contributed by atoms with van der Waals surface area (Å²) in [6, 6.07) is 0.166. The van der Waals surface area contributed by atoms with Gasteiger partial charge in [-0.15, -0.1) is 0 Å². The molecule has 0 aliphatic carbocycles. The number of nitrogens with zero attached hydrogens (tertiary/aromatic N) is 1. The van der Waals surface area contributed by atoms with Gasteiger partial charge in [0, 0.05) is 26.2 Å². The predicted octanol–water partition coefficient (Wildman–Crippen LogP) is -1.03. The number of rotatable bonds is 0. The molecule has 0 saturated carbocycles. The Morgan fingerprint density at radius 2 is 2.33 bits per heavy atom. The Morgan fingerprint density at radius 1 is 1.78 bits per heavy atom.